The van der Waals surface area contributed by atoms with Crippen molar-refractivity contribution in [2.45, 2.75) is 59.1 Å². The average molecular weight is 376 g/mol. The summed E-state index contributed by atoms with van der Waals surface area (Å²) in [4.78, 5) is 26.2. The number of hydrogen-bond acceptors (Lipinski definition) is 4. The molecule has 6 heteroatoms. The molecule has 2 rings (SSSR count). The molecule has 1 atom stereocenters. The van der Waals surface area contributed by atoms with Crippen molar-refractivity contribution < 1.29 is 19.1 Å². The summed E-state index contributed by atoms with van der Waals surface area (Å²) in [7, 11) is 0. The number of benzene rings is 1. The number of hydrogen-bond donors (Lipinski definition) is 1. The van der Waals surface area contributed by atoms with Crippen LogP contribution in [0.2, 0.25) is 0 Å². The van der Waals surface area contributed by atoms with Crippen LogP contribution in [0, 0.1) is 5.92 Å². The van der Waals surface area contributed by atoms with Gasteiger partial charge in [0.05, 0.1) is 12.5 Å². The van der Waals surface area contributed by atoms with Gasteiger partial charge in [0, 0.05) is 19.6 Å². The van der Waals surface area contributed by atoms with Crippen LogP contribution >= 0.6 is 0 Å². The van der Waals surface area contributed by atoms with Crippen LogP contribution in [0.4, 0.5) is 4.79 Å². The third-order valence-electron chi connectivity index (χ3n) is 4.34. The first-order chi connectivity index (χ1) is 12.8. The summed E-state index contributed by atoms with van der Waals surface area (Å²) < 4.78 is 11.1. The predicted molar refractivity (Wildman–Crippen MR) is 105 cm³/mol. The van der Waals surface area contributed by atoms with E-state index in [0.717, 1.165) is 24.2 Å². The monoisotopic (exact) mass is 376 g/mol. The number of unbranched alkanes of at least 4 members (excludes halogenated alkanes) is 1. The second-order valence-electron chi connectivity index (χ2n) is 7.98. The molecule has 1 aromatic carbocycles. The van der Waals surface area contributed by atoms with E-state index in [9.17, 15) is 9.59 Å². The Labute approximate surface area is 162 Å². The highest BCUT2D eigenvalue weighted by molar-refractivity contribution is 5.80. The second-order valence-corrected chi connectivity index (χ2v) is 7.98. The van der Waals surface area contributed by atoms with Crippen molar-refractivity contribution in [3.63, 3.8) is 0 Å². The summed E-state index contributed by atoms with van der Waals surface area (Å²) in [5.74, 6) is 0.604. The first kappa shape index (κ1) is 21.1. The number of amides is 2. The minimum Gasteiger partial charge on any atom is -0.494 e. The SMILES string of the molecule is CCCCOc1cccc(CNC(=O)C2CCN(C(=O)OC(C)(C)C)C2)c1. The number of ether oxygens (including phenoxy) is 2. The molecule has 2 amide bonds. The lowest BCUT2D eigenvalue weighted by molar-refractivity contribution is -0.124. The molecule has 1 fully saturated rings. The highest BCUT2D eigenvalue weighted by Crippen LogP contribution is 2.20. The lowest BCUT2D eigenvalue weighted by Gasteiger charge is -2.24. The highest BCUT2D eigenvalue weighted by Gasteiger charge is 2.33. The van der Waals surface area contributed by atoms with E-state index >= 15 is 0 Å². The van der Waals surface area contributed by atoms with Crippen LogP contribution < -0.4 is 10.1 Å². The second kappa shape index (κ2) is 9.62. The third kappa shape index (κ3) is 7.12. The van der Waals surface area contributed by atoms with Gasteiger partial charge in [-0.25, -0.2) is 4.79 Å². The molecule has 1 aliphatic heterocycles. The van der Waals surface area contributed by atoms with Gasteiger partial charge in [-0.2, -0.15) is 0 Å². The van der Waals surface area contributed by atoms with Gasteiger partial charge in [0.2, 0.25) is 5.91 Å². The van der Waals surface area contributed by atoms with Crippen LogP contribution in [-0.2, 0) is 16.1 Å². The predicted octanol–water partition coefficient (Wildman–Crippen LogP) is 3.74. The van der Waals surface area contributed by atoms with Crippen LogP contribution in [0.3, 0.4) is 0 Å². The molecule has 6 nitrogen and oxygen atoms in total. The molecule has 0 bridgehead atoms. The quantitative estimate of drug-likeness (QED) is 0.736. The molecule has 1 aliphatic rings. The molecular weight excluding hydrogens is 344 g/mol. The van der Waals surface area contributed by atoms with Crippen LogP contribution in [0.25, 0.3) is 0 Å². The van der Waals surface area contributed by atoms with Crippen molar-refractivity contribution >= 4 is 12.0 Å². The van der Waals surface area contributed by atoms with Crippen LogP contribution in [0.15, 0.2) is 24.3 Å². The van der Waals surface area contributed by atoms with E-state index in [2.05, 4.69) is 12.2 Å². The van der Waals surface area contributed by atoms with E-state index in [4.69, 9.17) is 9.47 Å². The van der Waals surface area contributed by atoms with E-state index in [1.54, 1.807) is 4.90 Å². The van der Waals surface area contributed by atoms with Gasteiger partial charge in [-0.1, -0.05) is 25.5 Å². The van der Waals surface area contributed by atoms with E-state index in [0.29, 0.717) is 32.7 Å². The summed E-state index contributed by atoms with van der Waals surface area (Å²) in [6.45, 7) is 9.75. The normalized spacial score (nSPS) is 16.9. The Kier molecular flexibility index (Phi) is 7.51. The van der Waals surface area contributed by atoms with Crippen molar-refractivity contribution in [1.29, 1.82) is 0 Å². The van der Waals surface area contributed by atoms with Crippen molar-refractivity contribution in [3.8, 4) is 5.75 Å². The summed E-state index contributed by atoms with van der Waals surface area (Å²) in [5, 5.41) is 2.97. The fraction of sp³-hybridized carbons (Fsp3) is 0.619. The van der Waals surface area contributed by atoms with Gasteiger partial charge in [-0.3, -0.25) is 4.79 Å². The maximum absolute atomic E-state index is 12.4. The number of carbonyl (C=O) groups is 2. The molecular formula is C21H32N2O4. The topological polar surface area (TPSA) is 67.9 Å². The highest BCUT2D eigenvalue weighted by atomic mass is 16.6. The van der Waals surface area contributed by atoms with E-state index in [1.807, 2.05) is 45.0 Å². The molecule has 0 spiro atoms. The Morgan fingerprint density at radius 1 is 1.30 bits per heavy atom. The van der Waals surface area contributed by atoms with Gasteiger partial charge in [0.25, 0.3) is 0 Å². The number of nitrogens with zero attached hydrogens (tertiary/aromatic N) is 1. The smallest absolute Gasteiger partial charge is 0.410 e. The van der Waals surface area contributed by atoms with Gasteiger partial charge in [-0.15, -0.1) is 0 Å². The molecule has 1 N–H and O–H groups in total. The Balaban J connectivity index is 1.79. The summed E-state index contributed by atoms with van der Waals surface area (Å²) >= 11 is 0. The standard InChI is InChI=1S/C21H32N2O4/c1-5-6-12-26-18-9-7-8-16(13-18)14-22-19(24)17-10-11-23(15-17)20(25)27-21(2,3)4/h7-9,13,17H,5-6,10-12,14-15H2,1-4H3,(H,22,24). The Morgan fingerprint density at radius 3 is 2.78 bits per heavy atom. The zero-order valence-electron chi connectivity index (χ0n) is 16.9. The van der Waals surface area contributed by atoms with Gasteiger partial charge < -0.3 is 19.7 Å². The molecule has 0 aromatic heterocycles. The van der Waals surface area contributed by atoms with Crippen molar-refractivity contribution in [2.24, 2.45) is 5.92 Å². The lowest BCUT2D eigenvalue weighted by atomic mass is 10.1. The maximum Gasteiger partial charge on any atom is 0.410 e. The maximum atomic E-state index is 12.4. The average Bonchev–Trinajstić information content (AvgIpc) is 3.09. The minimum atomic E-state index is -0.526. The van der Waals surface area contributed by atoms with E-state index < -0.39 is 5.60 Å². The summed E-state index contributed by atoms with van der Waals surface area (Å²) in [6, 6.07) is 7.78. The Hall–Kier alpha value is -2.24. The molecule has 27 heavy (non-hydrogen) atoms. The van der Waals surface area contributed by atoms with Crippen LogP contribution in [0.5, 0.6) is 5.75 Å². The minimum absolute atomic E-state index is 0.0293. The van der Waals surface area contributed by atoms with Gasteiger partial charge in [-0.05, 0) is 51.3 Å². The van der Waals surface area contributed by atoms with E-state index in [1.165, 1.54) is 0 Å². The summed E-state index contributed by atoms with van der Waals surface area (Å²) in [5.41, 5.74) is 0.473. The number of carbonyl (C=O) groups excluding carboxylic acids is 2. The van der Waals surface area contributed by atoms with Gasteiger partial charge >= 0.3 is 6.09 Å². The van der Waals surface area contributed by atoms with Crippen molar-refractivity contribution in [3.05, 3.63) is 29.8 Å². The Morgan fingerprint density at radius 2 is 2.07 bits per heavy atom. The zero-order valence-corrected chi connectivity index (χ0v) is 16.9. The van der Waals surface area contributed by atoms with Gasteiger partial charge in [0.1, 0.15) is 11.4 Å². The molecule has 0 saturated carbocycles. The fourth-order valence-corrected chi connectivity index (χ4v) is 2.88. The third-order valence-corrected chi connectivity index (χ3v) is 4.34. The Bertz CT molecular complexity index is 639. The number of rotatable bonds is 7. The largest absolute Gasteiger partial charge is 0.494 e. The molecule has 1 unspecified atom stereocenters. The lowest BCUT2D eigenvalue weighted by Crippen LogP contribution is -2.37. The van der Waals surface area contributed by atoms with Crippen LogP contribution in [0.1, 0.15) is 52.5 Å². The molecule has 0 aliphatic carbocycles. The number of likely N-dealkylation sites (tertiary alicyclic amines) is 1. The first-order valence-electron chi connectivity index (χ1n) is 9.76. The number of nitrogens with one attached hydrogen (secondary N) is 1. The van der Waals surface area contributed by atoms with Crippen molar-refractivity contribution in [1.82, 2.24) is 10.2 Å². The van der Waals surface area contributed by atoms with Gasteiger partial charge in [0.15, 0.2) is 0 Å². The summed E-state index contributed by atoms with van der Waals surface area (Å²) in [6.07, 6.45) is 2.43. The fourth-order valence-electron chi connectivity index (χ4n) is 2.88. The molecule has 1 aromatic rings. The molecule has 1 heterocycles. The zero-order chi connectivity index (χ0) is 19.9. The van der Waals surface area contributed by atoms with Crippen molar-refractivity contribution in [2.75, 3.05) is 19.7 Å². The van der Waals surface area contributed by atoms with Crippen LogP contribution in [-0.4, -0.2) is 42.2 Å². The molecule has 150 valence electrons. The first-order valence-corrected chi connectivity index (χ1v) is 9.76. The molecule has 0 radical (unpaired) electrons. The molecule has 1 saturated heterocycles. The van der Waals surface area contributed by atoms with E-state index in [-0.39, 0.29) is 17.9 Å².